The zero-order chi connectivity index (χ0) is 22.0. The van der Waals surface area contributed by atoms with Crippen LogP contribution in [0, 0.1) is 0 Å². The minimum atomic E-state index is -1.09. The number of Topliss-reactive ketones (excluding diaryl/α,β-unsaturated/α-hetero) is 2. The maximum Gasteiger partial charge on any atom is 0.338 e. The van der Waals surface area contributed by atoms with Gasteiger partial charge in [0.05, 0.1) is 36.5 Å². The summed E-state index contributed by atoms with van der Waals surface area (Å²) in [7, 11) is 2.28. The fourth-order valence-corrected chi connectivity index (χ4v) is 3.16. The molecule has 0 heterocycles. The molecule has 3 rings (SSSR count). The average molecular weight is 408 g/mol. The van der Waals surface area contributed by atoms with Gasteiger partial charge in [-0.05, 0) is 12.1 Å². The van der Waals surface area contributed by atoms with Crippen LogP contribution in [-0.2, 0) is 19.1 Å². The number of rotatable bonds is 4. The molecule has 0 aliphatic heterocycles. The Morgan fingerprint density at radius 1 is 0.667 bits per heavy atom. The molecule has 0 amide bonds. The first kappa shape index (κ1) is 20.5. The lowest BCUT2D eigenvalue weighted by Crippen LogP contribution is -2.24. The standard InChI is InChI=1S/C22H16O8/c1-29-21(27)13-9-5-3-7-11(13)15-17(23)19(25)16(20(26)18(15)24)12-8-4-6-10-14(12)22(28)30-2/h3-10,23,26H,1-2H3. The molecule has 152 valence electrons. The highest BCUT2D eigenvalue weighted by Gasteiger charge is 2.38. The Kier molecular flexibility index (Phi) is 5.50. The number of aliphatic hydroxyl groups excluding tert-OH is 2. The number of carbonyl (C=O) groups excluding carboxylic acids is 4. The number of methoxy groups -OCH3 is 2. The highest BCUT2D eigenvalue weighted by molar-refractivity contribution is 6.47. The van der Waals surface area contributed by atoms with E-state index in [1.807, 2.05) is 0 Å². The summed E-state index contributed by atoms with van der Waals surface area (Å²) in [5, 5.41) is 21.1. The quantitative estimate of drug-likeness (QED) is 0.584. The summed E-state index contributed by atoms with van der Waals surface area (Å²) >= 11 is 0. The van der Waals surface area contributed by atoms with Crippen LogP contribution in [0.5, 0.6) is 0 Å². The first-order valence-electron chi connectivity index (χ1n) is 8.64. The van der Waals surface area contributed by atoms with Crippen LogP contribution in [0.4, 0.5) is 0 Å². The van der Waals surface area contributed by atoms with E-state index < -0.39 is 46.2 Å². The predicted octanol–water partition coefficient (Wildman–Crippen LogP) is 2.65. The highest BCUT2D eigenvalue weighted by Crippen LogP contribution is 2.36. The normalized spacial score (nSPS) is 14.1. The molecular weight excluding hydrogens is 392 g/mol. The van der Waals surface area contributed by atoms with Crippen LogP contribution in [0.2, 0.25) is 0 Å². The van der Waals surface area contributed by atoms with E-state index in [1.165, 1.54) is 48.5 Å². The van der Waals surface area contributed by atoms with E-state index in [-0.39, 0.29) is 22.3 Å². The smallest absolute Gasteiger partial charge is 0.338 e. The van der Waals surface area contributed by atoms with E-state index in [0.717, 1.165) is 14.2 Å². The molecular formula is C22H16O8. The molecule has 1 aliphatic rings. The van der Waals surface area contributed by atoms with Gasteiger partial charge in [0.2, 0.25) is 11.6 Å². The Morgan fingerprint density at radius 2 is 1.00 bits per heavy atom. The average Bonchev–Trinajstić information content (AvgIpc) is 2.77. The van der Waals surface area contributed by atoms with Gasteiger partial charge in [0, 0.05) is 11.1 Å². The van der Waals surface area contributed by atoms with Gasteiger partial charge in [-0.25, -0.2) is 9.59 Å². The van der Waals surface area contributed by atoms with Gasteiger partial charge >= 0.3 is 11.9 Å². The molecule has 8 heteroatoms. The summed E-state index contributed by atoms with van der Waals surface area (Å²) in [6.07, 6.45) is 0. The van der Waals surface area contributed by atoms with E-state index in [1.54, 1.807) is 0 Å². The molecule has 0 unspecified atom stereocenters. The second-order valence-electron chi connectivity index (χ2n) is 6.18. The fraction of sp³-hybridized carbons (Fsp3) is 0.0909. The second kappa shape index (κ2) is 8.04. The van der Waals surface area contributed by atoms with Crippen molar-refractivity contribution in [2.24, 2.45) is 0 Å². The second-order valence-corrected chi connectivity index (χ2v) is 6.18. The number of benzene rings is 2. The summed E-state index contributed by atoms with van der Waals surface area (Å²) < 4.78 is 9.34. The van der Waals surface area contributed by atoms with Crippen molar-refractivity contribution in [2.75, 3.05) is 14.2 Å². The summed E-state index contributed by atoms with van der Waals surface area (Å²) in [5.41, 5.74) is -1.39. The van der Waals surface area contributed by atoms with Gasteiger partial charge in [0.25, 0.3) is 0 Å². The Hall–Kier alpha value is -4.20. The monoisotopic (exact) mass is 408 g/mol. The summed E-state index contributed by atoms with van der Waals surface area (Å²) in [6.45, 7) is 0. The van der Waals surface area contributed by atoms with Crippen molar-refractivity contribution in [3.8, 4) is 0 Å². The Labute approximate surface area is 170 Å². The summed E-state index contributed by atoms with van der Waals surface area (Å²) in [5.74, 6) is -5.70. The van der Waals surface area contributed by atoms with Gasteiger partial charge in [-0.3, -0.25) is 9.59 Å². The lowest BCUT2D eigenvalue weighted by molar-refractivity contribution is -0.116. The van der Waals surface area contributed by atoms with E-state index in [2.05, 4.69) is 9.47 Å². The Balaban J connectivity index is 2.22. The molecule has 1 aliphatic carbocycles. The number of ketones is 2. The molecule has 2 aromatic carbocycles. The van der Waals surface area contributed by atoms with Gasteiger partial charge in [0.1, 0.15) is 0 Å². The minimum Gasteiger partial charge on any atom is -0.504 e. The van der Waals surface area contributed by atoms with Crippen LogP contribution in [0.25, 0.3) is 11.1 Å². The maximum absolute atomic E-state index is 12.9. The van der Waals surface area contributed by atoms with Crippen molar-refractivity contribution >= 4 is 34.7 Å². The van der Waals surface area contributed by atoms with Crippen LogP contribution >= 0.6 is 0 Å². The van der Waals surface area contributed by atoms with Crippen LogP contribution in [-0.4, -0.2) is 47.9 Å². The number of esters is 2. The summed E-state index contributed by atoms with van der Waals surface area (Å²) in [4.78, 5) is 50.0. The van der Waals surface area contributed by atoms with E-state index in [9.17, 15) is 29.4 Å². The third-order valence-corrected chi connectivity index (χ3v) is 4.56. The largest absolute Gasteiger partial charge is 0.504 e. The number of aliphatic hydroxyl groups is 2. The van der Waals surface area contributed by atoms with Crippen molar-refractivity contribution in [2.45, 2.75) is 0 Å². The molecule has 2 aromatic rings. The summed E-state index contributed by atoms with van der Waals surface area (Å²) in [6, 6.07) is 11.4. The third-order valence-electron chi connectivity index (χ3n) is 4.56. The molecule has 8 nitrogen and oxygen atoms in total. The molecule has 0 saturated heterocycles. The van der Waals surface area contributed by atoms with E-state index >= 15 is 0 Å². The molecule has 0 atom stereocenters. The lowest BCUT2D eigenvalue weighted by Gasteiger charge is -2.20. The predicted molar refractivity (Wildman–Crippen MR) is 105 cm³/mol. The number of ether oxygens (including phenoxy) is 2. The first-order valence-corrected chi connectivity index (χ1v) is 8.64. The SMILES string of the molecule is COC(=O)c1ccccc1C1=C(O)C(=O)C(c2ccccc2C(=O)OC)=C(O)C1=O. The number of carbonyl (C=O) groups is 4. The van der Waals surface area contributed by atoms with Gasteiger partial charge in [-0.15, -0.1) is 0 Å². The van der Waals surface area contributed by atoms with Crippen LogP contribution in [0.15, 0.2) is 60.0 Å². The number of hydrogen-bond donors (Lipinski definition) is 2. The van der Waals surface area contributed by atoms with Crippen molar-refractivity contribution in [3.05, 3.63) is 82.3 Å². The highest BCUT2D eigenvalue weighted by atomic mass is 16.5. The van der Waals surface area contributed by atoms with Gasteiger partial charge in [0.15, 0.2) is 11.5 Å². The van der Waals surface area contributed by atoms with Crippen molar-refractivity contribution in [3.63, 3.8) is 0 Å². The van der Waals surface area contributed by atoms with Crippen LogP contribution in [0.1, 0.15) is 31.8 Å². The molecule has 2 N–H and O–H groups in total. The van der Waals surface area contributed by atoms with Crippen molar-refractivity contribution < 1.29 is 38.9 Å². The van der Waals surface area contributed by atoms with Crippen LogP contribution < -0.4 is 0 Å². The number of allylic oxidation sites excluding steroid dienone is 2. The minimum absolute atomic E-state index is 0.0751. The van der Waals surface area contributed by atoms with E-state index in [0.29, 0.717) is 0 Å². The topological polar surface area (TPSA) is 127 Å². The van der Waals surface area contributed by atoms with Crippen molar-refractivity contribution in [1.29, 1.82) is 0 Å². The molecule has 0 fully saturated rings. The van der Waals surface area contributed by atoms with Gasteiger partial charge < -0.3 is 19.7 Å². The third kappa shape index (κ3) is 3.24. The Bertz CT molecular complexity index is 1060. The molecule has 30 heavy (non-hydrogen) atoms. The van der Waals surface area contributed by atoms with Gasteiger partial charge in [-0.1, -0.05) is 36.4 Å². The zero-order valence-electron chi connectivity index (χ0n) is 16.0. The van der Waals surface area contributed by atoms with Crippen molar-refractivity contribution in [1.82, 2.24) is 0 Å². The molecule has 0 radical (unpaired) electrons. The maximum atomic E-state index is 12.9. The molecule has 0 spiro atoms. The molecule has 0 saturated carbocycles. The first-order chi connectivity index (χ1) is 14.3. The molecule has 0 aromatic heterocycles. The van der Waals surface area contributed by atoms with E-state index in [4.69, 9.17) is 0 Å². The fourth-order valence-electron chi connectivity index (χ4n) is 3.16. The number of hydrogen-bond acceptors (Lipinski definition) is 8. The Morgan fingerprint density at radius 3 is 1.33 bits per heavy atom. The molecule has 0 bridgehead atoms. The lowest BCUT2D eigenvalue weighted by atomic mass is 9.83. The van der Waals surface area contributed by atoms with Crippen LogP contribution in [0.3, 0.4) is 0 Å². The van der Waals surface area contributed by atoms with Gasteiger partial charge in [-0.2, -0.15) is 0 Å². The zero-order valence-corrected chi connectivity index (χ0v) is 16.0.